The molecular formula is C8H15N5O4S2. The van der Waals surface area contributed by atoms with Gasteiger partial charge in [-0.15, -0.1) is 0 Å². The number of nitrogens with zero attached hydrogens (tertiary/aromatic N) is 1. The van der Waals surface area contributed by atoms with Gasteiger partial charge in [-0.05, 0) is 18.6 Å². The number of anilines is 1. The zero-order valence-electron chi connectivity index (χ0n) is 9.90. The molecule has 0 aliphatic heterocycles. The first kappa shape index (κ1) is 15.8. The smallest absolute Gasteiger partial charge is 0.260 e. The summed E-state index contributed by atoms with van der Waals surface area (Å²) in [5, 5.41) is 4.54. The number of nitrogens with one attached hydrogen (secondary N) is 2. The van der Waals surface area contributed by atoms with Crippen molar-refractivity contribution in [2.75, 3.05) is 17.7 Å². The van der Waals surface area contributed by atoms with Crippen LogP contribution >= 0.6 is 0 Å². The number of aromatic nitrogens is 1. The number of nitrogens with two attached hydrogens (primary N) is 2. The number of pyridine rings is 1. The number of sulfonamides is 2. The van der Waals surface area contributed by atoms with Gasteiger partial charge in [-0.1, -0.05) is 0 Å². The van der Waals surface area contributed by atoms with Crippen LogP contribution in [0.5, 0.6) is 0 Å². The van der Waals surface area contributed by atoms with Crippen LogP contribution in [0.1, 0.15) is 6.42 Å². The molecule has 0 aliphatic rings. The fourth-order valence-electron chi connectivity index (χ4n) is 1.26. The third-order valence-corrected chi connectivity index (χ3v) is 4.36. The van der Waals surface area contributed by atoms with E-state index in [1.165, 1.54) is 18.3 Å². The summed E-state index contributed by atoms with van der Waals surface area (Å²) in [6.07, 6.45) is 1.37. The van der Waals surface area contributed by atoms with Crippen LogP contribution in [0, 0.1) is 0 Å². The number of hydrogen-bond acceptors (Lipinski definition) is 7. The van der Waals surface area contributed by atoms with E-state index in [2.05, 4.69) is 15.1 Å². The Hall–Kier alpha value is -1.27. The molecule has 1 heterocycles. The predicted molar refractivity (Wildman–Crippen MR) is 69.8 cm³/mol. The molecule has 6 N–H and O–H groups in total. The second kappa shape index (κ2) is 6.25. The first-order valence-electron chi connectivity index (χ1n) is 5.18. The van der Waals surface area contributed by atoms with E-state index in [1.54, 1.807) is 0 Å². The van der Waals surface area contributed by atoms with Gasteiger partial charge in [-0.25, -0.2) is 31.7 Å². The van der Waals surface area contributed by atoms with Crippen molar-refractivity contribution in [2.45, 2.75) is 11.4 Å². The number of rotatable bonds is 7. The summed E-state index contributed by atoms with van der Waals surface area (Å²) in [5.74, 6) is 4.88. The lowest BCUT2D eigenvalue weighted by Crippen LogP contribution is -2.29. The summed E-state index contributed by atoms with van der Waals surface area (Å²) in [7, 11) is -7.46. The van der Waals surface area contributed by atoms with Gasteiger partial charge in [0.05, 0.1) is 11.4 Å². The summed E-state index contributed by atoms with van der Waals surface area (Å²) in [6, 6.07) is 2.97. The van der Waals surface area contributed by atoms with Crippen LogP contribution in [0.2, 0.25) is 0 Å². The van der Waals surface area contributed by atoms with E-state index in [-0.39, 0.29) is 29.4 Å². The molecule has 0 unspecified atom stereocenters. The van der Waals surface area contributed by atoms with Gasteiger partial charge in [0.1, 0.15) is 0 Å². The molecule has 0 amide bonds. The van der Waals surface area contributed by atoms with Gasteiger partial charge in [0.2, 0.25) is 10.0 Å². The molecular weight excluding hydrogens is 294 g/mol. The summed E-state index contributed by atoms with van der Waals surface area (Å²) in [4.78, 5) is 3.71. The van der Waals surface area contributed by atoms with Crippen LogP contribution in [-0.2, 0) is 20.0 Å². The molecule has 19 heavy (non-hydrogen) atoms. The van der Waals surface area contributed by atoms with E-state index in [0.29, 0.717) is 0 Å². The molecule has 0 fully saturated rings. The van der Waals surface area contributed by atoms with Crippen LogP contribution < -0.4 is 21.1 Å². The number of nitrogen functional groups attached to an aromatic ring is 1. The van der Waals surface area contributed by atoms with E-state index < -0.39 is 20.0 Å². The molecule has 0 saturated heterocycles. The van der Waals surface area contributed by atoms with Crippen molar-refractivity contribution in [3.63, 3.8) is 0 Å². The standard InChI is InChI=1S/C8H15N5O4S2/c9-13-7-3-1-4-11-8(7)19(16,17)12-5-2-6-18(10,14)15/h1,3-4,12-13H,2,5-6,9H2,(H2,10,14,15). The lowest BCUT2D eigenvalue weighted by molar-refractivity contribution is 0.573. The molecule has 0 aromatic carbocycles. The highest BCUT2D eigenvalue weighted by atomic mass is 32.2. The summed E-state index contributed by atoms with van der Waals surface area (Å²) in [5.41, 5.74) is 2.36. The fourth-order valence-corrected chi connectivity index (χ4v) is 2.98. The molecule has 0 saturated carbocycles. The normalized spacial score (nSPS) is 12.3. The minimum atomic E-state index is -3.86. The highest BCUT2D eigenvalue weighted by molar-refractivity contribution is 7.89. The summed E-state index contributed by atoms with van der Waals surface area (Å²) < 4.78 is 47.4. The Balaban J connectivity index is 2.71. The molecule has 0 bridgehead atoms. The Morgan fingerprint density at radius 3 is 2.53 bits per heavy atom. The van der Waals surface area contributed by atoms with Crippen molar-refractivity contribution in [3.05, 3.63) is 18.3 Å². The predicted octanol–water partition coefficient (Wildman–Crippen LogP) is -1.68. The largest absolute Gasteiger partial charge is 0.321 e. The Morgan fingerprint density at radius 1 is 1.26 bits per heavy atom. The van der Waals surface area contributed by atoms with E-state index in [0.717, 1.165) is 0 Å². The van der Waals surface area contributed by atoms with Crippen LogP contribution in [-0.4, -0.2) is 34.1 Å². The lowest BCUT2D eigenvalue weighted by atomic mass is 10.4. The van der Waals surface area contributed by atoms with E-state index in [9.17, 15) is 16.8 Å². The maximum atomic E-state index is 11.9. The average molecular weight is 309 g/mol. The molecule has 0 spiro atoms. The van der Waals surface area contributed by atoms with Crippen molar-refractivity contribution >= 4 is 25.7 Å². The Bertz CT molecular complexity index is 628. The molecule has 9 nitrogen and oxygen atoms in total. The lowest BCUT2D eigenvalue weighted by Gasteiger charge is -2.09. The van der Waals surface area contributed by atoms with Crippen molar-refractivity contribution in [1.29, 1.82) is 0 Å². The molecule has 108 valence electrons. The highest BCUT2D eigenvalue weighted by Crippen LogP contribution is 2.15. The van der Waals surface area contributed by atoms with Crippen LogP contribution in [0.25, 0.3) is 0 Å². The van der Waals surface area contributed by atoms with Gasteiger partial charge < -0.3 is 5.43 Å². The van der Waals surface area contributed by atoms with E-state index in [1.807, 2.05) is 0 Å². The van der Waals surface area contributed by atoms with Crippen molar-refractivity contribution < 1.29 is 16.8 Å². The van der Waals surface area contributed by atoms with Gasteiger partial charge in [-0.3, -0.25) is 5.84 Å². The van der Waals surface area contributed by atoms with Gasteiger partial charge in [0.25, 0.3) is 10.0 Å². The van der Waals surface area contributed by atoms with E-state index >= 15 is 0 Å². The minimum Gasteiger partial charge on any atom is -0.321 e. The number of hydrazine groups is 1. The van der Waals surface area contributed by atoms with E-state index in [4.69, 9.17) is 11.0 Å². The van der Waals surface area contributed by atoms with Crippen LogP contribution in [0.4, 0.5) is 5.69 Å². The van der Waals surface area contributed by atoms with Crippen LogP contribution in [0.15, 0.2) is 23.4 Å². The molecule has 0 radical (unpaired) electrons. The molecule has 0 atom stereocenters. The Labute approximate surface area is 111 Å². The highest BCUT2D eigenvalue weighted by Gasteiger charge is 2.19. The molecule has 1 rings (SSSR count). The third-order valence-electron chi connectivity index (χ3n) is 2.08. The number of hydrogen-bond donors (Lipinski definition) is 4. The van der Waals surface area contributed by atoms with Gasteiger partial charge in [0, 0.05) is 12.7 Å². The second-order valence-corrected chi connectivity index (χ2v) is 7.03. The molecule has 0 aliphatic carbocycles. The quantitative estimate of drug-likeness (QED) is 0.266. The third kappa shape index (κ3) is 5.08. The SMILES string of the molecule is NNc1cccnc1S(=O)(=O)NCCCS(N)(=O)=O. The Morgan fingerprint density at radius 2 is 1.95 bits per heavy atom. The number of primary sulfonamides is 1. The van der Waals surface area contributed by atoms with Gasteiger partial charge in [0.15, 0.2) is 5.03 Å². The van der Waals surface area contributed by atoms with Gasteiger partial charge >= 0.3 is 0 Å². The van der Waals surface area contributed by atoms with Crippen LogP contribution in [0.3, 0.4) is 0 Å². The van der Waals surface area contributed by atoms with Crippen molar-refractivity contribution in [2.24, 2.45) is 11.0 Å². The summed E-state index contributed by atoms with van der Waals surface area (Å²) in [6.45, 7) is -0.0701. The van der Waals surface area contributed by atoms with Gasteiger partial charge in [-0.2, -0.15) is 0 Å². The average Bonchev–Trinajstić information content (AvgIpc) is 2.33. The van der Waals surface area contributed by atoms with Crippen molar-refractivity contribution in [3.8, 4) is 0 Å². The zero-order chi connectivity index (χ0) is 14.5. The van der Waals surface area contributed by atoms with Crippen molar-refractivity contribution in [1.82, 2.24) is 9.71 Å². The Kier molecular flexibility index (Phi) is 5.20. The second-order valence-electron chi connectivity index (χ2n) is 3.62. The molecule has 11 heteroatoms. The first-order valence-corrected chi connectivity index (χ1v) is 8.38. The first-order chi connectivity index (χ1) is 8.76. The molecule has 1 aromatic heterocycles. The minimum absolute atomic E-state index is 0.0658. The maximum Gasteiger partial charge on any atom is 0.260 e. The topological polar surface area (TPSA) is 157 Å². The fraction of sp³-hybridized carbons (Fsp3) is 0.375. The molecule has 1 aromatic rings. The maximum absolute atomic E-state index is 11.9. The zero-order valence-corrected chi connectivity index (χ0v) is 11.5. The monoisotopic (exact) mass is 309 g/mol. The summed E-state index contributed by atoms with van der Waals surface area (Å²) >= 11 is 0.